The van der Waals surface area contributed by atoms with E-state index in [2.05, 4.69) is 154 Å². The Morgan fingerprint density at radius 1 is 0.266 bits per heavy atom. The largest absolute Gasteiger partial charge is 0.462 e. The molecule has 6 nitrogen and oxygen atoms in total. The third-order valence-corrected chi connectivity index (χ3v) is 13.4. The van der Waals surface area contributed by atoms with E-state index in [1.54, 1.807) is 0 Å². The van der Waals surface area contributed by atoms with Crippen molar-refractivity contribution in [3.8, 4) is 0 Å². The van der Waals surface area contributed by atoms with Gasteiger partial charge in [0.15, 0.2) is 6.10 Å². The van der Waals surface area contributed by atoms with Crippen molar-refractivity contribution < 1.29 is 28.6 Å². The maximum absolute atomic E-state index is 12.8. The van der Waals surface area contributed by atoms with Gasteiger partial charge in [-0.25, -0.2) is 0 Å². The Kier molecular flexibility index (Phi) is 61.9. The van der Waals surface area contributed by atoms with Gasteiger partial charge in [-0.05, 0) is 109 Å². The lowest BCUT2D eigenvalue weighted by Crippen LogP contribution is -2.30. The van der Waals surface area contributed by atoms with E-state index in [9.17, 15) is 14.4 Å². The molecule has 0 rings (SSSR count). The molecular formula is C73H118O6. The molecule has 79 heavy (non-hydrogen) atoms. The summed E-state index contributed by atoms with van der Waals surface area (Å²) in [7, 11) is 0. The van der Waals surface area contributed by atoms with E-state index in [1.807, 2.05) is 12.2 Å². The van der Waals surface area contributed by atoms with E-state index in [4.69, 9.17) is 14.2 Å². The van der Waals surface area contributed by atoms with Crippen LogP contribution in [-0.2, 0) is 28.6 Å². The van der Waals surface area contributed by atoms with Gasteiger partial charge < -0.3 is 14.2 Å². The van der Waals surface area contributed by atoms with Crippen molar-refractivity contribution in [1.82, 2.24) is 0 Å². The van der Waals surface area contributed by atoms with Gasteiger partial charge in [0.05, 0.1) is 0 Å². The highest BCUT2D eigenvalue weighted by atomic mass is 16.6. The highest BCUT2D eigenvalue weighted by Crippen LogP contribution is 2.16. The van der Waals surface area contributed by atoms with E-state index < -0.39 is 12.1 Å². The van der Waals surface area contributed by atoms with Crippen molar-refractivity contribution in [2.45, 2.75) is 284 Å². The summed E-state index contributed by atoms with van der Waals surface area (Å²) in [5.41, 5.74) is 0. The second-order valence-corrected chi connectivity index (χ2v) is 20.9. The molecule has 0 saturated carbocycles. The van der Waals surface area contributed by atoms with Gasteiger partial charge in [-0.15, -0.1) is 0 Å². The lowest BCUT2D eigenvalue weighted by atomic mass is 10.0. The van der Waals surface area contributed by atoms with E-state index in [0.29, 0.717) is 19.3 Å². The number of esters is 3. The van der Waals surface area contributed by atoms with Gasteiger partial charge in [0.1, 0.15) is 13.2 Å². The summed E-state index contributed by atoms with van der Waals surface area (Å²) in [4.78, 5) is 38.0. The Balaban J connectivity index is 4.12. The summed E-state index contributed by atoms with van der Waals surface area (Å²) in [6.07, 6.45) is 94.8. The van der Waals surface area contributed by atoms with Crippen LogP contribution in [0, 0.1) is 0 Å². The third-order valence-electron chi connectivity index (χ3n) is 13.4. The van der Waals surface area contributed by atoms with Gasteiger partial charge in [-0.1, -0.05) is 295 Å². The van der Waals surface area contributed by atoms with Crippen LogP contribution in [0.5, 0.6) is 0 Å². The van der Waals surface area contributed by atoms with Crippen LogP contribution < -0.4 is 0 Å². The Labute approximate surface area is 487 Å². The fourth-order valence-corrected chi connectivity index (χ4v) is 8.59. The van der Waals surface area contributed by atoms with Crippen molar-refractivity contribution in [2.75, 3.05) is 13.2 Å². The van der Waals surface area contributed by atoms with Crippen LogP contribution in [-0.4, -0.2) is 37.2 Å². The summed E-state index contributed by atoms with van der Waals surface area (Å²) in [6, 6.07) is 0. The zero-order chi connectivity index (χ0) is 57.1. The molecule has 6 heteroatoms. The number of carbonyl (C=O) groups is 3. The molecule has 0 fully saturated rings. The molecule has 1 atom stereocenters. The minimum Gasteiger partial charge on any atom is -0.462 e. The van der Waals surface area contributed by atoms with E-state index >= 15 is 0 Å². The zero-order valence-electron chi connectivity index (χ0n) is 51.1. The Morgan fingerprint density at radius 3 is 0.823 bits per heavy atom. The van der Waals surface area contributed by atoms with Crippen LogP contribution in [0.15, 0.2) is 146 Å². The molecule has 0 aliphatic rings. The fourth-order valence-electron chi connectivity index (χ4n) is 8.59. The van der Waals surface area contributed by atoms with Gasteiger partial charge in [-0.3, -0.25) is 14.4 Å². The van der Waals surface area contributed by atoms with E-state index in [-0.39, 0.29) is 31.6 Å². The summed E-state index contributed by atoms with van der Waals surface area (Å²) >= 11 is 0. The van der Waals surface area contributed by atoms with Crippen LogP contribution in [0.1, 0.15) is 278 Å². The quantitative estimate of drug-likeness (QED) is 0.0261. The van der Waals surface area contributed by atoms with Gasteiger partial charge in [0.2, 0.25) is 0 Å². The Bertz CT molecular complexity index is 1730. The van der Waals surface area contributed by atoms with Gasteiger partial charge >= 0.3 is 17.9 Å². The molecule has 0 aliphatic heterocycles. The van der Waals surface area contributed by atoms with Crippen molar-refractivity contribution in [3.63, 3.8) is 0 Å². The van der Waals surface area contributed by atoms with Gasteiger partial charge in [0, 0.05) is 19.3 Å². The molecule has 1 unspecified atom stereocenters. The standard InChI is InChI=1S/C73H118O6/c1-4-7-10-13-16-18-20-22-24-26-28-29-30-31-32-33-34-35-36-37-38-39-40-41-42-43-45-46-48-50-52-54-57-60-63-66-72(75)78-69-70(68-77-71(74)65-62-59-56-15-12-9-6-3)79-73(76)67-64-61-58-55-53-51-49-47-44-27-25-23-21-19-17-14-11-8-5-2/h7-8,10-11,16-19,22-25,28-29,31-32,34-35,44,47,51,53,58,61,70H,4-6,9,12-15,20-21,26-27,30,33,36-43,45-46,48-50,52,54-57,59-60,62-69H2,1-3H3/b10-7-,11-8-,18-16-,19-17-,24-22-,25-23-,29-28-,32-31-,35-34-,47-44-,53-51-,61-58-. The first kappa shape index (κ1) is 74.3. The van der Waals surface area contributed by atoms with Crippen LogP contribution >= 0.6 is 0 Å². The normalized spacial score (nSPS) is 13.1. The molecule has 446 valence electrons. The predicted molar refractivity (Wildman–Crippen MR) is 343 cm³/mol. The number of hydrogen-bond donors (Lipinski definition) is 0. The zero-order valence-corrected chi connectivity index (χ0v) is 51.1. The molecule has 0 radical (unpaired) electrons. The SMILES string of the molecule is CC/C=C\C/C=C\C/C=C\C/C=C\C/C=C\C/C=C\CCCCCCCCCCCCCCCCCCC(=O)OCC(COC(=O)CCCCCCCCC)OC(=O)CC/C=C\C/C=C\C/C=C\C/C=C\C/C=C\C/C=C\CC. The predicted octanol–water partition coefficient (Wildman–Crippen LogP) is 22.3. The molecule has 0 bridgehead atoms. The lowest BCUT2D eigenvalue weighted by molar-refractivity contribution is -0.166. The van der Waals surface area contributed by atoms with Crippen LogP contribution in [0.2, 0.25) is 0 Å². The molecular weight excluding hydrogens is 973 g/mol. The molecule has 0 amide bonds. The summed E-state index contributed by atoms with van der Waals surface area (Å²) in [5.74, 6) is -1.00. The van der Waals surface area contributed by atoms with Crippen LogP contribution in [0.25, 0.3) is 0 Å². The van der Waals surface area contributed by atoms with Crippen molar-refractivity contribution in [3.05, 3.63) is 146 Å². The second-order valence-electron chi connectivity index (χ2n) is 20.9. The second kappa shape index (κ2) is 65.8. The average Bonchev–Trinajstić information content (AvgIpc) is 3.45. The highest BCUT2D eigenvalue weighted by molar-refractivity contribution is 5.71. The number of ether oxygens (including phenoxy) is 3. The lowest BCUT2D eigenvalue weighted by Gasteiger charge is -2.18. The van der Waals surface area contributed by atoms with Crippen molar-refractivity contribution >= 4 is 17.9 Å². The smallest absolute Gasteiger partial charge is 0.306 e. The molecule has 0 aliphatic carbocycles. The molecule has 0 saturated heterocycles. The first-order valence-electron chi connectivity index (χ1n) is 32.3. The molecule has 0 aromatic rings. The average molecular weight is 1090 g/mol. The van der Waals surface area contributed by atoms with Crippen molar-refractivity contribution in [2.24, 2.45) is 0 Å². The number of allylic oxidation sites excluding steroid dienone is 24. The first-order chi connectivity index (χ1) is 39.0. The molecule has 0 aromatic heterocycles. The molecule has 0 spiro atoms. The van der Waals surface area contributed by atoms with Crippen molar-refractivity contribution in [1.29, 1.82) is 0 Å². The minimum atomic E-state index is -0.819. The minimum absolute atomic E-state index is 0.110. The first-order valence-corrected chi connectivity index (χ1v) is 32.3. The van der Waals surface area contributed by atoms with Crippen LogP contribution in [0.4, 0.5) is 0 Å². The third kappa shape index (κ3) is 64.0. The van der Waals surface area contributed by atoms with Crippen LogP contribution in [0.3, 0.4) is 0 Å². The number of carbonyl (C=O) groups excluding carboxylic acids is 3. The topological polar surface area (TPSA) is 78.9 Å². The van der Waals surface area contributed by atoms with Gasteiger partial charge in [0.25, 0.3) is 0 Å². The maximum atomic E-state index is 12.8. The van der Waals surface area contributed by atoms with E-state index in [1.165, 1.54) is 116 Å². The highest BCUT2D eigenvalue weighted by Gasteiger charge is 2.19. The summed E-state index contributed by atoms with van der Waals surface area (Å²) in [5, 5.41) is 0. The molecule has 0 N–H and O–H groups in total. The Morgan fingerprint density at radius 2 is 0.519 bits per heavy atom. The fraction of sp³-hybridized carbons (Fsp3) is 0.630. The molecule has 0 aromatic carbocycles. The van der Waals surface area contributed by atoms with Gasteiger partial charge in [-0.2, -0.15) is 0 Å². The Hall–Kier alpha value is -4.71. The maximum Gasteiger partial charge on any atom is 0.306 e. The molecule has 0 heterocycles. The number of hydrogen-bond acceptors (Lipinski definition) is 6. The summed E-state index contributed by atoms with van der Waals surface area (Å²) < 4.78 is 16.7. The number of rotatable bonds is 57. The number of unbranched alkanes of at least 4 members (excludes halogenated alkanes) is 22. The van der Waals surface area contributed by atoms with E-state index in [0.717, 1.165) is 116 Å². The summed E-state index contributed by atoms with van der Waals surface area (Å²) in [6.45, 7) is 6.31. The monoisotopic (exact) mass is 1090 g/mol.